The number of aliphatic hydroxyl groups is 2. The summed E-state index contributed by atoms with van der Waals surface area (Å²) in [7, 11) is -10.6. The van der Waals surface area contributed by atoms with E-state index in [-0.39, 0.29) is 151 Å². The van der Waals surface area contributed by atoms with E-state index in [2.05, 4.69) is 8.37 Å². The third-order valence-corrected chi connectivity index (χ3v) is 1.91. The van der Waals surface area contributed by atoms with Crippen LogP contribution in [0.4, 0.5) is 0 Å². The van der Waals surface area contributed by atoms with Crippen LogP contribution in [-0.2, 0) is 38.8 Å². The van der Waals surface area contributed by atoms with Crippen molar-refractivity contribution in [3.63, 3.8) is 0 Å². The molecule has 2 unspecified atom stereocenters. The Balaban J connectivity index is -0.000000241. The maximum absolute atomic E-state index is 10.7. The van der Waals surface area contributed by atoms with E-state index in [1.165, 1.54) is 0 Å². The van der Waals surface area contributed by atoms with Gasteiger partial charge in [0.05, 0.1) is 0 Å². The molecule has 0 aliphatic carbocycles. The van der Waals surface area contributed by atoms with E-state index < -0.39 is 44.9 Å². The molecule has 0 aromatic heterocycles. The summed E-state index contributed by atoms with van der Waals surface area (Å²) in [6.07, 6.45) is -5.75. The van der Waals surface area contributed by atoms with E-state index >= 15 is 0 Å². The van der Waals surface area contributed by atoms with Crippen molar-refractivity contribution in [1.82, 2.24) is 0 Å². The molecule has 0 fully saturated rings. The summed E-state index contributed by atoms with van der Waals surface area (Å²) in [6, 6.07) is 0. The van der Waals surface area contributed by atoms with Crippen LogP contribution in [0.15, 0.2) is 0 Å². The average Bonchev–Trinajstić information content (AvgIpc) is 2.09. The number of carbonyl (C=O) groups is 2. The van der Waals surface area contributed by atoms with Crippen molar-refractivity contribution in [3.8, 4) is 0 Å². The molecule has 0 aromatic rings. The number of carbonyl (C=O) groups excluding carboxylic acids is 2. The van der Waals surface area contributed by atoms with Gasteiger partial charge in [-0.25, -0.2) is 9.59 Å². The molecule has 22 heavy (non-hydrogen) atoms. The van der Waals surface area contributed by atoms with Gasteiger partial charge in [-0.05, 0) is 0 Å². The first-order chi connectivity index (χ1) is 7.83. The van der Waals surface area contributed by atoms with Crippen LogP contribution in [-0.4, -0.2) is 211 Å². The first-order valence-corrected chi connectivity index (χ1v) is 6.34. The van der Waals surface area contributed by atoms with Gasteiger partial charge in [0.2, 0.25) is 0 Å². The molecular weight excluding hydrogens is 464 g/mol. The minimum absolute atomic E-state index is 0. The predicted octanol–water partition coefficient (Wildman–Crippen LogP) is -7.26. The van der Waals surface area contributed by atoms with Crippen LogP contribution < -0.4 is 0 Å². The van der Waals surface area contributed by atoms with Gasteiger partial charge >= 0.3 is 184 Å². The monoisotopic (exact) mass is 478 g/mol. The molecule has 0 aliphatic rings. The Morgan fingerprint density at radius 2 is 0.864 bits per heavy atom. The minimum atomic E-state index is -5.30. The molecule has 18 heteroatoms. The normalized spacial score (nSPS) is 12.7. The first-order valence-electron chi connectivity index (χ1n) is 3.61. The van der Waals surface area contributed by atoms with E-state index in [1.54, 1.807) is 0 Å². The van der Waals surface area contributed by atoms with Crippen molar-refractivity contribution in [2.45, 2.75) is 12.2 Å². The number of aliphatic hydroxyl groups excluding tert-OH is 2. The zero-order valence-electron chi connectivity index (χ0n) is 8.03. The van der Waals surface area contributed by atoms with E-state index in [4.69, 9.17) is 19.3 Å². The molecule has 2 atom stereocenters. The summed E-state index contributed by atoms with van der Waals surface area (Å²) in [6.45, 7) is 0. The van der Waals surface area contributed by atoms with Crippen molar-refractivity contribution >= 4 is 184 Å². The zero-order valence-corrected chi connectivity index (χ0v) is 9.66. The Morgan fingerprint density at radius 3 is 1.00 bits per heavy atom. The molecule has 122 valence electrons. The molecule has 0 bridgehead atoms. The molecular formula is C4H14Ca4O12S2. The van der Waals surface area contributed by atoms with Crippen molar-refractivity contribution in [1.29, 1.82) is 0 Å². The Kier molecular flexibility index (Phi) is 26.2. The van der Waals surface area contributed by atoms with Gasteiger partial charge in [-0.1, -0.05) is 0 Å². The van der Waals surface area contributed by atoms with E-state index in [0.29, 0.717) is 0 Å². The van der Waals surface area contributed by atoms with Gasteiger partial charge in [0, 0.05) is 0 Å². The summed E-state index contributed by atoms with van der Waals surface area (Å²) >= 11 is 0. The van der Waals surface area contributed by atoms with Crippen LogP contribution in [0.3, 0.4) is 0 Å². The maximum atomic E-state index is 10.7. The van der Waals surface area contributed by atoms with Crippen LogP contribution in [0.5, 0.6) is 0 Å². The Bertz CT molecular complexity index is 491. The van der Waals surface area contributed by atoms with Gasteiger partial charge in [-0.2, -0.15) is 16.8 Å². The topological polar surface area (TPSA) is 202 Å². The third kappa shape index (κ3) is 18.5. The molecule has 0 saturated heterocycles. The van der Waals surface area contributed by atoms with E-state index in [1.807, 2.05) is 0 Å². The Morgan fingerprint density at radius 1 is 0.682 bits per heavy atom. The molecule has 12 nitrogen and oxygen atoms in total. The Labute approximate surface area is 244 Å². The molecule has 0 aromatic carbocycles. The van der Waals surface area contributed by atoms with Gasteiger partial charge in [-0.3, -0.25) is 9.11 Å². The molecule has 0 heterocycles. The van der Waals surface area contributed by atoms with Crippen molar-refractivity contribution in [2.24, 2.45) is 0 Å². The fourth-order valence-corrected chi connectivity index (χ4v) is 1.18. The van der Waals surface area contributed by atoms with Crippen molar-refractivity contribution < 1.29 is 54.1 Å². The quantitative estimate of drug-likeness (QED) is 0.215. The van der Waals surface area contributed by atoms with Crippen LogP contribution in [0.2, 0.25) is 0 Å². The number of rotatable bonds is 5. The molecule has 4 N–H and O–H groups in total. The van der Waals surface area contributed by atoms with Crippen molar-refractivity contribution in [3.05, 3.63) is 0 Å². The fraction of sp³-hybridized carbons (Fsp3) is 0.500. The van der Waals surface area contributed by atoms with Gasteiger partial charge in [0.1, 0.15) is 0 Å². The molecule has 0 spiro atoms. The third-order valence-electron chi connectivity index (χ3n) is 1.16. The average molecular weight is 479 g/mol. The fourth-order valence-electron chi connectivity index (χ4n) is 0.564. The molecule has 0 amide bonds. The SMILES string of the molecule is O=C(OS(=O)(=O)O)C(O)C(O)C(=O)OS(=O)(=O)O.[CaH2].[CaH2].[CaH2].[CaH2]. The summed E-state index contributed by atoms with van der Waals surface area (Å²) < 4.78 is 62.5. The van der Waals surface area contributed by atoms with E-state index in [0.717, 1.165) is 0 Å². The van der Waals surface area contributed by atoms with Crippen LogP contribution in [0.25, 0.3) is 0 Å². The second kappa shape index (κ2) is 15.7. The number of hydrogen-bond donors (Lipinski definition) is 4. The zero-order chi connectivity index (χ0) is 14.7. The first kappa shape index (κ1) is 36.6. The summed E-state index contributed by atoms with van der Waals surface area (Å²) in [5, 5.41) is 17.7. The van der Waals surface area contributed by atoms with Gasteiger partial charge < -0.3 is 18.6 Å². The van der Waals surface area contributed by atoms with Gasteiger partial charge in [0.15, 0.2) is 12.2 Å². The van der Waals surface area contributed by atoms with Crippen LogP contribution >= 0.6 is 0 Å². The van der Waals surface area contributed by atoms with E-state index in [9.17, 15) is 26.4 Å². The second-order valence-electron chi connectivity index (χ2n) is 2.55. The van der Waals surface area contributed by atoms with Gasteiger partial charge in [0.25, 0.3) is 0 Å². The molecule has 0 aliphatic heterocycles. The number of hydrogen-bond acceptors (Lipinski definition) is 10. The van der Waals surface area contributed by atoms with Crippen LogP contribution in [0.1, 0.15) is 0 Å². The standard InChI is InChI=1S/C4H6O12S2.4Ca.8H/c5-1(3(7)15-17(9,10)11)2(6)4(8)16-18(12,13)14;;;;;;;;;;;;/h1-2,5-6H,(H,9,10,11)(H,12,13,14);;;;;;;;;;;;. The second-order valence-corrected chi connectivity index (χ2v) is 4.59. The summed E-state index contributed by atoms with van der Waals surface area (Å²) in [4.78, 5) is 21.4. The van der Waals surface area contributed by atoms with Gasteiger partial charge in [-0.15, -0.1) is 0 Å². The predicted molar refractivity (Wildman–Crippen MR) is 81.5 cm³/mol. The molecule has 0 saturated carbocycles. The molecule has 0 rings (SSSR count). The Hall–Kier alpha value is 3.72. The van der Waals surface area contributed by atoms with Crippen LogP contribution in [0, 0.1) is 0 Å². The summed E-state index contributed by atoms with van der Waals surface area (Å²) in [5.74, 6) is -4.37. The van der Waals surface area contributed by atoms with Crippen molar-refractivity contribution in [2.75, 3.05) is 0 Å². The summed E-state index contributed by atoms with van der Waals surface area (Å²) in [5.41, 5.74) is 0. The molecule has 0 radical (unpaired) electrons.